The number of aromatic nitrogens is 2. The van der Waals surface area contributed by atoms with Crippen molar-refractivity contribution in [3.8, 4) is 5.75 Å². The minimum Gasteiger partial charge on any atom is -0.495 e. The molecular formula is C18H18N4O2S. The monoisotopic (exact) mass is 354 g/mol. The standard InChI is InChI=1S/C18H18N4O2S/c1-24-14-5-3-2-4-13(14)22-8-6-12(16(19)23)15(22)17-20-10-11-7-9-25-18(11)21-17/h2-5,7,9-10,12,15H,6,8H2,1H3,(H2,19,23). The number of rotatable bonds is 4. The molecule has 6 nitrogen and oxygen atoms in total. The Hall–Kier alpha value is -2.67. The molecule has 1 aliphatic heterocycles. The molecule has 7 heteroatoms. The molecule has 0 radical (unpaired) electrons. The van der Waals surface area contributed by atoms with E-state index in [1.807, 2.05) is 41.9 Å². The van der Waals surface area contributed by atoms with Gasteiger partial charge in [-0.05, 0) is 30.0 Å². The van der Waals surface area contributed by atoms with E-state index in [9.17, 15) is 4.79 Å². The molecule has 2 aromatic heterocycles. The quantitative estimate of drug-likeness (QED) is 0.779. The van der Waals surface area contributed by atoms with Crippen LogP contribution >= 0.6 is 11.3 Å². The summed E-state index contributed by atoms with van der Waals surface area (Å²) in [4.78, 5) is 24.3. The summed E-state index contributed by atoms with van der Waals surface area (Å²) in [5, 5.41) is 2.99. The van der Waals surface area contributed by atoms with Crippen LogP contribution in [0.25, 0.3) is 10.2 Å². The second-order valence-corrected chi connectivity index (χ2v) is 6.91. The second kappa shape index (κ2) is 6.33. The molecule has 2 unspecified atom stereocenters. The number of methoxy groups -OCH3 is 1. The number of hydrogen-bond acceptors (Lipinski definition) is 6. The fraction of sp³-hybridized carbons (Fsp3) is 0.278. The van der Waals surface area contributed by atoms with Crippen molar-refractivity contribution in [1.29, 1.82) is 0 Å². The zero-order chi connectivity index (χ0) is 17.4. The third-order valence-corrected chi connectivity index (χ3v) is 5.47. The predicted molar refractivity (Wildman–Crippen MR) is 97.8 cm³/mol. The summed E-state index contributed by atoms with van der Waals surface area (Å²) in [6.45, 7) is 0.699. The molecule has 25 heavy (non-hydrogen) atoms. The van der Waals surface area contributed by atoms with Crippen molar-refractivity contribution in [3.05, 3.63) is 47.7 Å². The van der Waals surface area contributed by atoms with Crippen LogP contribution in [0.4, 0.5) is 5.69 Å². The van der Waals surface area contributed by atoms with Crippen LogP contribution in [0.3, 0.4) is 0 Å². The maximum atomic E-state index is 12.0. The van der Waals surface area contributed by atoms with E-state index >= 15 is 0 Å². The van der Waals surface area contributed by atoms with Crippen molar-refractivity contribution < 1.29 is 9.53 Å². The summed E-state index contributed by atoms with van der Waals surface area (Å²) in [6, 6.07) is 9.47. The van der Waals surface area contributed by atoms with Crippen LogP contribution in [0.5, 0.6) is 5.75 Å². The minimum atomic E-state index is -0.331. The van der Waals surface area contributed by atoms with Crippen molar-refractivity contribution >= 4 is 33.1 Å². The van der Waals surface area contributed by atoms with E-state index in [0.717, 1.165) is 21.7 Å². The van der Waals surface area contributed by atoms with Gasteiger partial charge in [0.1, 0.15) is 16.6 Å². The highest BCUT2D eigenvalue weighted by atomic mass is 32.1. The third kappa shape index (κ3) is 2.70. The Bertz CT molecular complexity index is 926. The van der Waals surface area contributed by atoms with E-state index in [-0.39, 0.29) is 17.9 Å². The van der Waals surface area contributed by atoms with Crippen molar-refractivity contribution in [1.82, 2.24) is 9.97 Å². The summed E-state index contributed by atoms with van der Waals surface area (Å²) in [7, 11) is 1.64. The Morgan fingerprint density at radius 3 is 3.00 bits per heavy atom. The van der Waals surface area contributed by atoms with Crippen molar-refractivity contribution in [2.45, 2.75) is 12.5 Å². The molecule has 0 spiro atoms. The lowest BCUT2D eigenvalue weighted by molar-refractivity contribution is -0.122. The fourth-order valence-corrected chi connectivity index (χ4v) is 4.20. The number of hydrogen-bond donors (Lipinski definition) is 1. The van der Waals surface area contributed by atoms with Gasteiger partial charge in [0.15, 0.2) is 5.82 Å². The third-order valence-electron chi connectivity index (χ3n) is 4.65. The number of nitrogens with zero attached hydrogens (tertiary/aromatic N) is 3. The highest BCUT2D eigenvalue weighted by Gasteiger charge is 2.41. The number of carbonyl (C=O) groups is 1. The number of benzene rings is 1. The van der Waals surface area contributed by atoms with Gasteiger partial charge in [0.25, 0.3) is 0 Å². The summed E-state index contributed by atoms with van der Waals surface area (Å²) < 4.78 is 5.50. The van der Waals surface area contributed by atoms with Gasteiger partial charge in [0.2, 0.25) is 5.91 Å². The molecule has 128 valence electrons. The smallest absolute Gasteiger partial charge is 0.223 e. The SMILES string of the molecule is COc1ccccc1N1CCC(C(N)=O)C1c1ncc2ccsc2n1. The molecule has 4 rings (SSSR count). The first kappa shape index (κ1) is 15.8. The second-order valence-electron chi connectivity index (χ2n) is 6.02. The normalized spacial score (nSPS) is 20.1. The van der Waals surface area contributed by atoms with Gasteiger partial charge in [0, 0.05) is 18.1 Å². The molecule has 1 amide bonds. The number of thiophene rings is 1. The van der Waals surface area contributed by atoms with Crippen molar-refractivity contribution in [2.75, 3.05) is 18.6 Å². The molecule has 1 saturated heterocycles. The molecule has 1 aromatic carbocycles. The van der Waals surface area contributed by atoms with Crippen LogP contribution in [0.1, 0.15) is 18.3 Å². The number of para-hydroxylation sites is 2. The molecule has 2 N–H and O–H groups in total. The van der Waals surface area contributed by atoms with Gasteiger partial charge in [0.05, 0.1) is 18.7 Å². The molecule has 3 heterocycles. The molecular weight excluding hydrogens is 336 g/mol. The highest BCUT2D eigenvalue weighted by Crippen LogP contribution is 2.42. The maximum Gasteiger partial charge on any atom is 0.223 e. The molecule has 2 atom stereocenters. The van der Waals surface area contributed by atoms with Crippen LogP contribution in [0, 0.1) is 5.92 Å². The lowest BCUT2D eigenvalue weighted by Crippen LogP contribution is -2.33. The largest absolute Gasteiger partial charge is 0.495 e. The average Bonchev–Trinajstić information content (AvgIpc) is 3.27. The van der Waals surface area contributed by atoms with Gasteiger partial charge in [-0.1, -0.05) is 12.1 Å². The number of anilines is 1. The Morgan fingerprint density at radius 2 is 2.20 bits per heavy atom. The maximum absolute atomic E-state index is 12.0. The van der Waals surface area contributed by atoms with Crippen LogP contribution < -0.4 is 15.4 Å². The van der Waals surface area contributed by atoms with E-state index in [1.54, 1.807) is 18.4 Å². The first-order valence-corrected chi connectivity index (χ1v) is 8.96. The number of nitrogens with two attached hydrogens (primary N) is 1. The molecule has 0 aliphatic carbocycles. The van der Waals surface area contributed by atoms with Gasteiger partial charge in [-0.2, -0.15) is 0 Å². The Balaban J connectivity index is 1.82. The number of carbonyl (C=O) groups excluding carboxylic acids is 1. The average molecular weight is 354 g/mol. The molecule has 3 aromatic rings. The van der Waals surface area contributed by atoms with Gasteiger partial charge in [-0.3, -0.25) is 4.79 Å². The first-order chi connectivity index (χ1) is 12.2. The molecule has 1 fully saturated rings. The van der Waals surface area contributed by atoms with Gasteiger partial charge in [-0.25, -0.2) is 9.97 Å². The zero-order valence-electron chi connectivity index (χ0n) is 13.8. The fourth-order valence-electron chi connectivity index (χ4n) is 3.46. The van der Waals surface area contributed by atoms with Crippen molar-refractivity contribution in [3.63, 3.8) is 0 Å². The minimum absolute atomic E-state index is 0.291. The summed E-state index contributed by atoms with van der Waals surface area (Å²) in [5.41, 5.74) is 6.60. The van der Waals surface area contributed by atoms with Gasteiger partial charge < -0.3 is 15.4 Å². The van der Waals surface area contributed by atoms with Crippen LogP contribution in [0.2, 0.25) is 0 Å². The van der Waals surface area contributed by atoms with Crippen LogP contribution in [-0.4, -0.2) is 29.5 Å². The predicted octanol–water partition coefficient (Wildman–Crippen LogP) is 2.75. The summed E-state index contributed by atoms with van der Waals surface area (Å²) in [5.74, 6) is 0.733. The Labute approximate surface area is 149 Å². The number of primary amides is 1. The van der Waals surface area contributed by atoms with E-state index in [2.05, 4.69) is 9.88 Å². The Morgan fingerprint density at radius 1 is 1.36 bits per heavy atom. The summed E-state index contributed by atoms with van der Waals surface area (Å²) in [6.07, 6.45) is 2.48. The first-order valence-electron chi connectivity index (χ1n) is 8.08. The van der Waals surface area contributed by atoms with E-state index in [4.69, 9.17) is 15.5 Å². The zero-order valence-corrected chi connectivity index (χ0v) is 14.6. The molecule has 0 saturated carbocycles. The van der Waals surface area contributed by atoms with Crippen molar-refractivity contribution in [2.24, 2.45) is 11.7 Å². The lowest BCUT2D eigenvalue weighted by atomic mass is 9.98. The summed E-state index contributed by atoms with van der Waals surface area (Å²) >= 11 is 1.56. The number of amides is 1. The Kier molecular flexibility index (Phi) is 4.01. The van der Waals surface area contributed by atoms with Gasteiger partial charge >= 0.3 is 0 Å². The molecule has 0 bridgehead atoms. The highest BCUT2D eigenvalue weighted by molar-refractivity contribution is 7.16. The van der Waals surface area contributed by atoms with E-state index in [1.165, 1.54) is 0 Å². The van der Waals surface area contributed by atoms with Gasteiger partial charge in [-0.15, -0.1) is 11.3 Å². The molecule has 1 aliphatic rings. The number of ether oxygens (including phenoxy) is 1. The van der Waals surface area contributed by atoms with E-state index in [0.29, 0.717) is 18.8 Å². The topological polar surface area (TPSA) is 81.3 Å². The van der Waals surface area contributed by atoms with Crippen LogP contribution in [-0.2, 0) is 4.79 Å². The van der Waals surface area contributed by atoms with E-state index < -0.39 is 0 Å². The number of fused-ring (bicyclic) bond motifs is 1. The lowest BCUT2D eigenvalue weighted by Gasteiger charge is -2.29. The van der Waals surface area contributed by atoms with Crippen LogP contribution in [0.15, 0.2) is 41.9 Å².